The van der Waals surface area contributed by atoms with Gasteiger partial charge in [-0.2, -0.15) is 0 Å². The minimum atomic E-state index is -0.784. The maximum absolute atomic E-state index is 13.5. The predicted molar refractivity (Wildman–Crippen MR) is 89.7 cm³/mol. The fraction of sp³-hybridized carbons (Fsp3) is 0.0625. The minimum absolute atomic E-state index is 0.0919. The van der Waals surface area contributed by atoms with Gasteiger partial charge in [-0.25, -0.2) is 19.4 Å². The lowest BCUT2D eigenvalue weighted by atomic mass is 10.2. The van der Waals surface area contributed by atoms with E-state index < -0.39 is 11.7 Å². The minimum Gasteiger partial charge on any atom is -0.342 e. The Bertz CT molecular complexity index is 790. The van der Waals surface area contributed by atoms with Gasteiger partial charge in [0.15, 0.2) is 11.6 Å². The molecule has 0 saturated heterocycles. The summed E-state index contributed by atoms with van der Waals surface area (Å²) in [5, 5.41) is 2.30. The van der Waals surface area contributed by atoms with Crippen molar-refractivity contribution in [1.29, 1.82) is 0 Å². The fourth-order valence-corrected chi connectivity index (χ4v) is 1.81. The van der Waals surface area contributed by atoms with Gasteiger partial charge in [-0.15, -0.1) is 0 Å². The van der Waals surface area contributed by atoms with Crippen LogP contribution in [0.4, 0.5) is 15.8 Å². The number of halogens is 1. The van der Waals surface area contributed by atoms with E-state index in [4.69, 9.17) is 0 Å². The molecule has 0 radical (unpaired) electrons. The molecule has 0 spiro atoms. The number of allylic oxidation sites excluding steroid dienone is 2. The Morgan fingerprint density at radius 1 is 1.38 bits per heavy atom. The lowest BCUT2D eigenvalue weighted by Gasteiger charge is -2.18. The third kappa shape index (κ3) is 3.86. The number of aliphatic imine (C=N–C) groups is 1. The van der Waals surface area contributed by atoms with Crippen LogP contribution in [0.15, 0.2) is 66.3 Å². The molecule has 0 unspecified atom stereocenters. The van der Waals surface area contributed by atoms with Crippen LogP contribution in [0.25, 0.3) is 0 Å². The molecular formula is C16H15FN6O. The molecule has 0 atom stereocenters. The highest BCUT2D eigenvalue weighted by Crippen LogP contribution is 2.22. The maximum Gasteiger partial charge on any atom is 0.275 e. The van der Waals surface area contributed by atoms with Crippen molar-refractivity contribution in [3.8, 4) is 0 Å². The van der Waals surface area contributed by atoms with Gasteiger partial charge in [0.1, 0.15) is 12.0 Å². The van der Waals surface area contributed by atoms with Gasteiger partial charge in [0, 0.05) is 18.9 Å². The van der Waals surface area contributed by atoms with Gasteiger partial charge in [-0.05, 0) is 24.9 Å². The number of carbonyl (C=O) groups is 1. The third-order valence-electron chi connectivity index (χ3n) is 3.09. The number of carbonyl (C=O) groups excluding carboxylic acids is 1. The molecule has 2 aromatic rings. The molecule has 1 amide bonds. The van der Waals surface area contributed by atoms with E-state index in [1.807, 2.05) is 0 Å². The van der Waals surface area contributed by atoms with Crippen LogP contribution < -0.4 is 10.2 Å². The SMILES string of the molecule is C=C/C(F)=C(\N=C)NC(=O)c1cc(N(C)c2cncnc2)ccn1. The van der Waals surface area contributed by atoms with E-state index in [0.29, 0.717) is 5.69 Å². The summed E-state index contributed by atoms with van der Waals surface area (Å²) in [6.07, 6.45) is 7.09. The first-order chi connectivity index (χ1) is 11.6. The number of nitrogens with one attached hydrogen (secondary N) is 1. The molecule has 1 N–H and O–H groups in total. The van der Waals surface area contributed by atoms with Crippen LogP contribution in [-0.4, -0.2) is 34.6 Å². The molecule has 2 aromatic heterocycles. The molecule has 2 rings (SSSR count). The fourth-order valence-electron chi connectivity index (χ4n) is 1.81. The summed E-state index contributed by atoms with van der Waals surface area (Å²) in [5.41, 5.74) is 1.52. The van der Waals surface area contributed by atoms with Gasteiger partial charge in [0.05, 0.1) is 18.1 Å². The van der Waals surface area contributed by atoms with Gasteiger partial charge in [0.2, 0.25) is 0 Å². The van der Waals surface area contributed by atoms with E-state index in [9.17, 15) is 9.18 Å². The van der Waals surface area contributed by atoms with E-state index >= 15 is 0 Å². The highest BCUT2D eigenvalue weighted by atomic mass is 19.1. The van der Waals surface area contributed by atoms with E-state index in [1.165, 1.54) is 12.5 Å². The third-order valence-corrected chi connectivity index (χ3v) is 3.09. The van der Waals surface area contributed by atoms with E-state index in [2.05, 4.69) is 38.6 Å². The predicted octanol–water partition coefficient (Wildman–Crippen LogP) is 2.39. The zero-order chi connectivity index (χ0) is 17.5. The number of rotatable bonds is 6. The molecule has 8 heteroatoms. The van der Waals surface area contributed by atoms with Crippen molar-refractivity contribution in [3.63, 3.8) is 0 Å². The second kappa shape index (κ2) is 7.73. The zero-order valence-corrected chi connectivity index (χ0v) is 13.0. The maximum atomic E-state index is 13.5. The molecule has 0 aliphatic carbocycles. The first kappa shape index (κ1) is 16.9. The highest BCUT2D eigenvalue weighted by molar-refractivity contribution is 5.94. The average molecular weight is 326 g/mol. The molecule has 7 nitrogen and oxygen atoms in total. The molecule has 24 heavy (non-hydrogen) atoms. The Morgan fingerprint density at radius 2 is 2.08 bits per heavy atom. The number of hydrogen-bond donors (Lipinski definition) is 1. The zero-order valence-electron chi connectivity index (χ0n) is 13.0. The van der Waals surface area contributed by atoms with Gasteiger partial charge < -0.3 is 10.2 Å². The molecule has 0 fully saturated rings. The first-order valence-electron chi connectivity index (χ1n) is 6.82. The summed E-state index contributed by atoms with van der Waals surface area (Å²) < 4.78 is 13.5. The summed E-state index contributed by atoms with van der Waals surface area (Å²) in [4.78, 5) is 29.3. The Hall–Kier alpha value is -3.42. The lowest BCUT2D eigenvalue weighted by molar-refractivity contribution is 0.0959. The van der Waals surface area contributed by atoms with E-state index in [-0.39, 0.29) is 11.5 Å². The van der Waals surface area contributed by atoms with Crippen LogP contribution in [0.2, 0.25) is 0 Å². The van der Waals surface area contributed by atoms with Crippen molar-refractivity contribution in [3.05, 3.63) is 67.0 Å². The number of pyridine rings is 1. The normalized spacial score (nSPS) is 11.2. The van der Waals surface area contributed by atoms with Crippen molar-refractivity contribution in [2.75, 3.05) is 11.9 Å². The summed E-state index contributed by atoms with van der Waals surface area (Å²) in [6.45, 7) is 6.48. The standard InChI is InChI=1S/C16H15FN6O/c1-4-13(17)15(18-2)22-16(24)14-7-11(5-6-21-14)23(3)12-8-19-10-20-9-12/h4-10H,1-2H2,3H3,(H,22,24)/b15-13-. The van der Waals surface area contributed by atoms with Crippen molar-refractivity contribution in [2.24, 2.45) is 4.99 Å². The number of amides is 1. The van der Waals surface area contributed by atoms with Crippen LogP contribution in [0.1, 0.15) is 10.5 Å². The molecule has 0 aliphatic rings. The summed E-state index contributed by atoms with van der Waals surface area (Å²) in [6, 6.07) is 3.27. The molecule has 0 aliphatic heterocycles. The molecule has 0 bridgehead atoms. The second-order valence-corrected chi connectivity index (χ2v) is 4.57. The van der Waals surface area contributed by atoms with Crippen LogP contribution >= 0.6 is 0 Å². The molecular weight excluding hydrogens is 311 g/mol. The van der Waals surface area contributed by atoms with Gasteiger partial charge in [-0.3, -0.25) is 9.78 Å². The molecule has 122 valence electrons. The van der Waals surface area contributed by atoms with Crippen LogP contribution in [-0.2, 0) is 0 Å². The van der Waals surface area contributed by atoms with Gasteiger partial charge in [-0.1, -0.05) is 6.58 Å². The summed E-state index contributed by atoms with van der Waals surface area (Å²) >= 11 is 0. The topological polar surface area (TPSA) is 83.4 Å². The van der Waals surface area contributed by atoms with E-state index in [0.717, 1.165) is 11.8 Å². The average Bonchev–Trinajstić information content (AvgIpc) is 2.65. The Kier molecular flexibility index (Phi) is 5.45. The molecule has 2 heterocycles. The first-order valence-corrected chi connectivity index (χ1v) is 6.82. The Morgan fingerprint density at radius 3 is 2.71 bits per heavy atom. The van der Waals surface area contributed by atoms with Crippen LogP contribution in [0, 0.1) is 0 Å². The van der Waals surface area contributed by atoms with Crippen molar-refractivity contribution in [1.82, 2.24) is 20.3 Å². The van der Waals surface area contributed by atoms with Gasteiger partial charge >= 0.3 is 0 Å². The molecule has 0 aromatic carbocycles. The number of aromatic nitrogens is 3. The van der Waals surface area contributed by atoms with Crippen LogP contribution in [0.5, 0.6) is 0 Å². The largest absolute Gasteiger partial charge is 0.342 e. The second-order valence-electron chi connectivity index (χ2n) is 4.57. The van der Waals surface area contributed by atoms with E-state index in [1.54, 1.807) is 36.5 Å². The van der Waals surface area contributed by atoms with Crippen LogP contribution in [0.3, 0.4) is 0 Å². The Labute approximate surface area is 138 Å². The number of hydrogen-bond acceptors (Lipinski definition) is 6. The van der Waals surface area contributed by atoms with Gasteiger partial charge in [0.25, 0.3) is 5.91 Å². The number of nitrogens with zero attached hydrogens (tertiary/aromatic N) is 5. The number of anilines is 2. The summed E-state index contributed by atoms with van der Waals surface area (Å²) in [5.74, 6) is -1.71. The van der Waals surface area contributed by atoms with Crippen molar-refractivity contribution < 1.29 is 9.18 Å². The molecule has 0 saturated carbocycles. The smallest absolute Gasteiger partial charge is 0.275 e. The van der Waals surface area contributed by atoms with Crippen molar-refractivity contribution >= 4 is 24.0 Å². The monoisotopic (exact) mass is 326 g/mol. The lowest BCUT2D eigenvalue weighted by Crippen LogP contribution is -2.24. The van der Waals surface area contributed by atoms with Crippen molar-refractivity contribution in [2.45, 2.75) is 0 Å². The Balaban J connectivity index is 2.25. The quantitative estimate of drug-likeness (QED) is 0.651. The highest BCUT2D eigenvalue weighted by Gasteiger charge is 2.13. The summed E-state index contributed by atoms with van der Waals surface area (Å²) in [7, 11) is 1.80.